The number of nitro groups is 1. The van der Waals surface area contributed by atoms with Crippen molar-refractivity contribution in [3.63, 3.8) is 0 Å². The summed E-state index contributed by atoms with van der Waals surface area (Å²) in [6.45, 7) is 6.25. The van der Waals surface area contributed by atoms with Gasteiger partial charge in [-0.1, -0.05) is 19.9 Å². The summed E-state index contributed by atoms with van der Waals surface area (Å²) in [4.78, 5) is 22.6. The zero-order valence-corrected chi connectivity index (χ0v) is 12.7. The number of hydrogen-bond acceptors (Lipinski definition) is 4. The number of aliphatic hydroxyl groups is 1. The number of aryl methyl sites for hydroxylation is 1. The summed E-state index contributed by atoms with van der Waals surface area (Å²) in [5, 5.41) is 22.6. The van der Waals surface area contributed by atoms with Gasteiger partial charge in [0.1, 0.15) is 5.56 Å². The highest BCUT2D eigenvalue weighted by Gasteiger charge is 2.23. The van der Waals surface area contributed by atoms with Crippen LogP contribution in [-0.2, 0) is 0 Å². The van der Waals surface area contributed by atoms with E-state index in [1.54, 1.807) is 13.0 Å². The second-order valence-electron chi connectivity index (χ2n) is 5.95. The summed E-state index contributed by atoms with van der Waals surface area (Å²) in [6.07, 6.45) is 1.42. The van der Waals surface area contributed by atoms with E-state index in [1.807, 2.05) is 13.8 Å². The van der Waals surface area contributed by atoms with E-state index in [2.05, 4.69) is 5.32 Å². The lowest BCUT2D eigenvalue weighted by Crippen LogP contribution is -2.34. The van der Waals surface area contributed by atoms with Crippen LogP contribution in [0.2, 0.25) is 0 Å². The second-order valence-corrected chi connectivity index (χ2v) is 5.95. The number of carbonyl (C=O) groups is 1. The van der Waals surface area contributed by atoms with Crippen LogP contribution < -0.4 is 5.32 Å². The Bertz CT molecular complexity index is 526. The van der Waals surface area contributed by atoms with Gasteiger partial charge >= 0.3 is 0 Å². The molecule has 0 aromatic heterocycles. The number of nitro benzene ring substituents is 1. The molecule has 1 aromatic rings. The molecule has 1 amide bonds. The van der Waals surface area contributed by atoms with Gasteiger partial charge in [0.05, 0.1) is 4.92 Å². The topological polar surface area (TPSA) is 92.5 Å². The fraction of sp³-hybridized carbons (Fsp3) is 0.533. The molecule has 116 valence electrons. The van der Waals surface area contributed by atoms with Gasteiger partial charge in [0.25, 0.3) is 11.6 Å². The van der Waals surface area contributed by atoms with E-state index < -0.39 is 10.8 Å². The minimum Gasteiger partial charge on any atom is -0.396 e. The zero-order chi connectivity index (χ0) is 16.0. The van der Waals surface area contributed by atoms with E-state index in [0.29, 0.717) is 13.0 Å². The number of rotatable bonds is 7. The molecular formula is C15H22N2O4. The molecule has 21 heavy (non-hydrogen) atoms. The predicted octanol–water partition coefficient (Wildman–Crippen LogP) is 2.43. The van der Waals surface area contributed by atoms with Crippen LogP contribution in [0, 0.1) is 22.5 Å². The third-order valence-corrected chi connectivity index (χ3v) is 3.33. The number of amides is 1. The lowest BCUT2D eigenvalue weighted by atomic mass is 9.88. The maximum absolute atomic E-state index is 12.2. The summed E-state index contributed by atoms with van der Waals surface area (Å²) < 4.78 is 0. The smallest absolute Gasteiger partial charge is 0.282 e. The molecule has 0 saturated heterocycles. The Labute approximate surface area is 124 Å². The highest BCUT2D eigenvalue weighted by molar-refractivity contribution is 5.98. The second kappa shape index (κ2) is 7.17. The summed E-state index contributed by atoms with van der Waals surface area (Å²) in [6, 6.07) is 4.48. The van der Waals surface area contributed by atoms with E-state index in [9.17, 15) is 14.9 Å². The number of carbonyl (C=O) groups excluding carboxylic acids is 1. The van der Waals surface area contributed by atoms with E-state index in [-0.39, 0.29) is 23.3 Å². The van der Waals surface area contributed by atoms with Gasteiger partial charge in [-0.15, -0.1) is 0 Å². The number of benzene rings is 1. The fourth-order valence-electron chi connectivity index (χ4n) is 2.05. The molecule has 2 N–H and O–H groups in total. The molecule has 0 aliphatic rings. The summed E-state index contributed by atoms with van der Waals surface area (Å²) in [5.74, 6) is -0.442. The van der Waals surface area contributed by atoms with Crippen LogP contribution in [0.4, 0.5) is 5.69 Å². The molecule has 6 nitrogen and oxygen atoms in total. The Morgan fingerprint density at radius 3 is 2.67 bits per heavy atom. The minimum absolute atomic E-state index is 0.0814. The van der Waals surface area contributed by atoms with Crippen LogP contribution in [0.3, 0.4) is 0 Å². The summed E-state index contributed by atoms with van der Waals surface area (Å²) in [7, 11) is 0. The number of aliphatic hydroxyl groups excluding tert-OH is 1. The van der Waals surface area contributed by atoms with E-state index >= 15 is 0 Å². The third kappa shape index (κ3) is 5.15. The van der Waals surface area contributed by atoms with Crippen molar-refractivity contribution < 1.29 is 14.8 Å². The van der Waals surface area contributed by atoms with Gasteiger partial charge in [0.2, 0.25) is 0 Å². The van der Waals surface area contributed by atoms with Gasteiger partial charge in [0.15, 0.2) is 0 Å². The van der Waals surface area contributed by atoms with Gasteiger partial charge in [-0.3, -0.25) is 14.9 Å². The Morgan fingerprint density at radius 1 is 1.43 bits per heavy atom. The molecule has 0 aliphatic heterocycles. The van der Waals surface area contributed by atoms with Gasteiger partial charge in [-0.25, -0.2) is 0 Å². The first-order chi connectivity index (χ1) is 9.76. The van der Waals surface area contributed by atoms with E-state index in [4.69, 9.17) is 5.11 Å². The summed E-state index contributed by atoms with van der Waals surface area (Å²) >= 11 is 0. The first-order valence-corrected chi connectivity index (χ1v) is 6.91. The van der Waals surface area contributed by atoms with Gasteiger partial charge < -0.3 is 10.4 Å². The molecule has 0 saturated carbocycles. The molecule has 1 rings (SSSR count). The van der Waals surface area contributed by atoms with Crippen LogP contribution in [-0.4, -0.2) is 29.1 Å². The van der Waals surface area contributed by atoms with Crippen molar-refractivity contribution in [3.8, 4) is 0 Å². The predicted molar refractivity (Wildman–Crippen MR) is 80.3 cm³/mol. The number of hydrogen-bond donors (Lipinski definition) is 2. The van der Waals surface area contributed by atoms with E-state index in [0.717, 1.165) is 12.0 Å². The highest BCUT2D eigenvalue weighted by Crippen LogP contribution is 2.23. The fourth-order valence-corrected chi connectivity index (χ4v) is 2.05. The van der Waals surface area contributed by atoms with Crippen molar-refractivity contribution in [3.05, 3.63) is 39.4 Å². The van der Waals surface area contributed by atoms with Crippen LogP contribution in [0.25, 0.3) is 0 Å². The van der Waals surface area contributed by atoms with Crippen molar-refractivity contribution in [1.29, 1.82) is 0 Å². The minimum atomic E-state index is -0.550. The molecule has 0 spiro atoms. The molecule has 0 aliphatic carbocycles. The van der Waals surface area contributed by atoms with Gasteiger partial charge in [0, 0.05) is 19.2 Å². The van der Waals surface area contributed by atoms with Crippen molar-refractivity contribution in [1.82, 2.24) is 5.32 Å². The lowest BCUT2D eigenvalue weighted by molar-refractivity contribution is -0.385. The van der Waals surface area contributed by atoms with Crippen LogP contribution in [0.15, 0.2) is 18.2 Å². The molecule has 0 heterocycles. The average Bonchev–Trinajstić information content (AvgIpc) is 2.42. The Morgan fingerprint density at radius 2 is 2.10 bits per heavy atom. The number of nitrogens with zero attached hydrogens (tertiary/aromatic N) is 1. The molecule has 0 radical (unpaired) electrons. The highest BCUT2D eigenvalue weighted by atomic mass is 16.6. The SMILES string of the molecule is Cc1ccc([N+](=O)[O-])c(C(=O)NCC(C)(C)CCCO)c1. The lowest BCUT2D eigenvalue weighted by Gasteiger charge is -2.24. The summed E-state index contributed by atoms with van der Waals surface area (Å²) in [5.41, 5.74) is 0.520. The molecule has 0 atom stereocenters. The molecular weight excluding hydrogens is 272 g/mol. The monoisotopic (exact) mass is 294 g/mol. The van der Waals surface area contributed by atoms with Gasteiger partial charge in [-0.2, -0.15) is 0 Å². The quantitative estimate of drug-likeness (QED) is 0.596. The molecule has 1 aromatic carbocycles. The van der Waals surface area contributed by atoms with Crippen molar-refractivity contribution >= 4 is 11.6 Å². The van der Waals surface area contributed by atoms with Crippen LogP contribution in [0.1, 0.15) is 42.6 Å². The molecule has 0 unspecified atom stereocenters. The molecule has 6 heteroatoms. The molecule has 0 fully saturated rings. The molecule has 0 bridgehead atoms. The standard InChI is InChI=1S/C15H22N2O4/c1-11-5-6-13(17(20)21)12(9-11)14(19)16-10-15(2,3)7-4-8-18/h5-6,9,18H,4,7-8,10H2,1-3H3,(H,16,19). The Hall–Kier alpha value is -1.95. The van der Waals surface area contributed by atoms with Crippen molar-refractivity contribution in [2.24, 2.45) is 5.41 Å². The van der Waals surface area contributed by atoms with Crippen molar-refractivity contribution in [2.75, 3.05) is 13.2 Å². The first-order valence-electron chi connectivity index (χ1n) is 6.91. The first kappa shape index (κ1) is 17.1. The van der Waals surface area contributed by atoms with Crippen LogP contribution in [0.5, 0.6) is 0 Å². The number of nitrogens with one attached hydrogen (secondary N) is 1. The average molecular weight is 294 g/mol. The third-order valence-electron chi connectivity index (χ3n) is 3.33. The Kier molecular flexibility index (Phi) is 5.84. The largest absolute Gasteiger partial charge is 0.396 e. The van der Waals surface area contributed by atoms with E-state index in [1.165, 1.54) is 12.1 Å². The van der Waals surface area contributed by atoms with Crippen molar-refractivity contribution in [2.45, 2.75) is 33.6 Å². The maximum atomic E-state index is 12.2. The van der Waals surface area contributed by atoms with Gasteiger partial charge in [-0.05, 0) is 36.8 Å². The normalized spacial score (nSPS) is 11.2. The maximum Gasteiger partial charge on any atom is 0.282 e. The Balaban J connectivity index is 2.80. The zero-order valence-electron chi connectivity index (χ0n) is 12.7. The van der Waals surface area contributed by atoms with Crippen LogP contribution >= 0.6 is 0 Å².